The molecule has 0 radical (unpaired) electrons. The van der Waals surface area contributed by atoms with E-state index in [2.05, 4.69) is 39.3 Å². The molecule has 0 bridgehead atoms. The second-order valence-corrected chi connectivity index (χ2v) is 17.5. The van der Waals surface area contributed by atoms with Gasteiger partial charge in [-0.2, -0.15) is 0 Å². The van der Waals surface area contributed by atoms with Crippen LogP contribution in [0.1, 0.15) is 5.56 Å². The van der Waals surface area contributed by atoms with Crippen molar-refractivity contribution in [2.24, 2.45) is 0 Å². The summed E-state index contributed by atoms with van der Waals surface area (Å²) in [7, 11) is -4.06. The molecule has 1 aromatic carbocycles. The lowest BCUT2D eigenvalue weighted by Gasteiger charge is -2.45. The first-order chi connectivity index (χ1) is 7.50. The largest absolute Gasteiger partial charge is 0.247 e. The van der Waals surface area contributed by atoms with Gasteiger partial charge in [-0.15, -0.1) is 0 Å². The number of rotatable bonds is 3. The van der Waals surface area contributed by atoms with E-state index in [0.29, 0.717) is 5.56 Å². The molecule has 0 heterocycles. The van der Waals surface area contributed by atoms with Gasteiger partial charge in [-0.1, -0.05) is 51.4 Å². The zero-order chi connectivity index (χ0) is 13.5. The Bertz CT molecular complexity index is 371. The number of alkyl halides is 1. The van der Waals surface area contributed by atoms with E-state index in [1.807, 2.05) is 0 Å². The van der Waals surface area contributed by atoms with Crippen molar-refractivity contribution in [3.05, 3.63) is 35.6 Å². The Labute approximate surface area is 105 Å². The zero-order valence-corrected chi connectivity index (χ0v) is 13.6. The van der Waals surface area contributed by atoms with E-state index in [4.69, 9.17) is 0 Å². The van der Waals surface area contributed by atoms with Gasteiger partial charge in [-0.05, 0) is 17.7 Å². The fourth-order valence-electron chi connectivity index (χ4n) is 2.67. The zero-order valence-electron chi connectivity index (χ0n) is 11.6. The van der Waals surface area contributed by atoms with Gasteiger partial charge < -0.3 is 0 Å². The second kappa shape index (κ2) is 4.32. The average molecular weight is 272 g/mol. The highest BCUT2D eigenvalue weighted by atomic mass is 28.4. The Kier molecular flexibility index (Phi) is 3.70. The number of halogens is 2. The molecular formula is C13H22F2Si2. The summed E-state index contributed by atoms with van der Waals surface area (Å²) in [4.78, 5) is -1.23. The molecule has 0 N–H and O–H groups in total. The van der Waals surface area contributed by atoms with E-state index in [1.54, 1.807) is 12.1 Å². The topological polar surface area (TPSA) is 0 Å². The van der Waals surface area contributed by atoms with Crippen molar-refractivity contribution in [1.29, 1.82) is 0 Å². The molecule has 0 aliphatic carbocycles. The maximum Gasteiger partial charge on any atom is 0.123 e. The fourth-order valence-corrected chi connectivity index (χ4v) is 13.7. The Morgan fingerprint density at radius 1 is 0.824 bits per heavy atom. The SMILES string of the molecule is C[Si](C)(C)C(F)(c1ccc(F)cc1)[Si](C)(C)C. The van der Waals surface area contributed by atoms with E-state index in [9.17, 15) is 4.39 Å². The van der Waals surface area contributed by atoms with Crippen LogP contribution in [0, 0.1) is 5.82 Å². The van der Waals surface area contributed by atoms with Crippen LogP contribution in [0.2, 0.25) is 39.3 Å². The molecule has 0 unspecified atom stereocenters. The molecule has 96 valence electrons. The normalized spacial score (nSPS) is 13.9. The second-order valence-electron chi connectivity index (χ2n) is 6.67. The van der Waals surface area contributed by atoms with Gasteiger partial charge in [0.2, 0.25) is 0 Å². The van der Waals surface area contributed by atoms with Crippen LogP contribution < -0.4 is 0 Å². The molecule has 0 spiro atoms. The van der Waals surface area contributed by atoms with E-state index in [-0.39, 0.29) is 5.82 Å². The van der Waals surface area contributed by atoms with Gasteiger partial charge in [0, 0.05) is 0 Å². The van der Waals surface area contributed by atoms with Gasteiger partial charge in [0.25, 0.3) is 0 Å². The van der Waals surface area contributed by atoms with Crippen molar-refractivity contribution in [1.82, 2.24) is 0 Å². The molecule has 0 nitrogen and oxygen atoms in total. The summed E-state index contributed by atoms with van der Waals surface area (Å²) in [5.74, 6) is -0.303. The molecule has 0 amide bonds. The monoisotopic (exact) mass is 272 g/mol. The van der Waals surface area contributed by atoms with Crippen LogP contribution in [0.25, 0.3) is 0 Å². The first-order valence-electron chi connectivity index (χ1n) is 5.95. The van der Waals surface area contributed by atoms with Crippen LogP contribution in [0.15, 0.2) is 24.3 Å². The molecule has 0 aliphatic heterocycles. The molecule has 4 heteroatoms. The minimum Gasteiger partial charge on any atom is -0.247 e. The predicted molar refractivity (Wildman–Crippen MR) is 75.9 cm³/mol. The summed E-state index contributed by atoms with van der Waals surface area (Å²) >= 11 is 0. The molecule has 0 aromatic heterocycles. The van der Waals surface area contributed by atoms with Crippen LogP contribution in [0.3, 0.4) is 0 Å². The fraction of sp³-hybridized carbons (Fsp3) is 0.538. The quantitative estimate of drug-likeness (QED) is 0.697. The van der Waals surface area contributed by atoms with E-state index >= 15 is 4.39 Å². The van der Waals surface area contributed by atoms with Crippen LogP contribution in [-0.2, 0) is 4.92 Å². The smallest absolute Gasteiger partial charge is 0.123 e. The predicted octanol–water partition coefficient (Wildman–Crippen LogP) is 4.75. The Morgan fingerprint density at radius 2 is 1.18 bits per heavy atom. The third-order valence-corrected chi connectivity index (χ3v) is 12.5. The minimum absolute atomic E-state index is 0.303. The molecule has 0 fully saturated rings. The Morgan fingerprint density at radius 3 is 1.47 bits per heavy atom. The Hall–Kier alpha value is -0.486. The first kappa shape index (κ1) is 14.6. The molecule has 0 aliphatic rings. The van der Waals surface area contributed by atoms with Gasteiger partial charge >= 0.3 is 0 Å². The van der Waals surface area contributed by atoms with Crippen molar-refractivity contribution in [2.45, 2.75) is 44.2 Å². The summed E-state index contributed by atoms with van der Waals surface area (Å²) in [6.45, 7) is 12.3. The number of benzene rings is 1. The van der Waals surface area contributed by atoms with Crippen LogP contribution in [-0.4, -0.2) is 16.1 Å². The van der Waals surface area contributed by atoms with Gasteiger partial charge in [-0.25, -0.2) is 8.78 Å². The minimum atomic E-state index is -2.03. The maximum atomic E-state index is 15.7. The third-order valence-electron chi connectivity index (χ3n) is 3.31. The van der Waals surface area contributed by atoms with E-state index < -0.39 is 21.1 Å². The highest BCUT2D eigenvalue weighted by Gasteiger charge is 2.54. The lowest BCUT2D eigenvalue weighted by atomic mass is 10.2. The van der Waals surface area contributed by atoms with Gasteiger partial charge in [0.1, 0.15) is 10.7 Å². The molecule has 0 atom stereocenters. The lowest BCUT2D eigenvalue weighted by Crippen LogP contribution is -2.60. The molecule has 0 saturated carbocycles. The molecule has 1 aromatic rings. The van der Waals surface area contributed by atoms with Crippen molar-refractivity contribution < 1.29 is 8.78 Å². The van der Waals surface area contributed by atoms with Crippen LogP contribution >= 0.6 is 0 Å². The maximum absolute atomic E-state index is 15.7. The lowest BCUT2D eigenvalue weighted by molar-refractivity contribution is 0.365. The van der Waals surface area contributed by atoms with Crippen molar-refractivity contribution >= 4 is 16.1 Å². The third kappa shape index (κ3) is 2.52. The van der Waals surface area contributed by atoms with Crippen molar-refractivity contribution in [3.63, 3.8) is 0 Å². The van der Waals surface area contributed by atoms with Crippen LogP contribution in [0.4, 0.5) is 8.78 Å². The van der Waals surface area contributed by atoms with E-state index in [0.717, 1.165) is 0 Å². The van der Waals surface area contributed by atoms with Gasteiger partial charge in [-0.3, -0.25) is 0 Å². The summed E-state index contributed by atoms with van der Waals surface area (Å²) in [6.07, 6.45) is 0. The van der Waals surface area contributed by atoms with Gasteiger partial charge in [0.05, 0.1) is 16.1 Å². The Balaban J connectivity index is 3.41. The molecule has 17 heavy (non-hydrogen) atoms. The summed E-state index contributed by atoms with van der Waals surface area (Å²) in [5, 5.41) is 0. The first-order valence-corrected chi connectivity index (χ1v) is 12.9. The summed E-state index contributed by atoms with van der Waals surface area (Å²) in [6, 6.07) is 5.96. The summed E-state index contributed by atoms with van der Waals surface area (Å²) < 4.78 is 28.6. The van der Waals surface area contributed by atoms with E-state index in [1.165, 1.54) is 12.1 Å². The average Bonchev–Trinajstić information content (AvgIpc) is 2.14. The van der Waals surface area contributed by atoms with Gasteiger partial charge in [0.15, 0.2) is 0 Å². The molecule has 1 rings (SSSR count). The highest BCUT2D eigenvalue weighted by Crippen LogP contribution is 2.43. The molecule has 0 saturated heterocycles. The van der Waals surface area contributed by atoms with Crippen molar-refractivity contribution in [3.8, 4) is 0 Å². The van der Waals surface area contributed by atoms with Crippen LogP contribution in [0.5, 0.6) is 0 Å². The standard InChI is InChI=1S/C13H22F2Si2/c1-16(2,3)13(15,17(4,5)6)11-7-9-12(14)10-8-11/h7-10H,1-6H3. The van der Waals surface area contributed by atoms with Crippen molar-refractivity contribution in [2.75, 3.05) is 0 Å². The highest BCUT2D eigenvalue weighted by molar-refractivity contribution is 6.97. The summed E-state index contributed by atoms with van der Waals surface area (Å²) in [5.41, 5.74) is 0.664. The number of hydrogen-bond donors (Lipinski definition) is 0. The molecular weight excluding hydrogens is 250 g/mol. The number of hydrogen-bond acceptors (Lipinski definition) is 0.